The van der Waals surface area contributed by atoms with E-state index in [0.29, 0.717) is 0 Å². The Bertz CT molecular complexity index is 728. The zero-order valence-corrected chi connectivity index (χ0v) is 11.6. The number of hydrogen-bond acceptors (Lipinski definition) is 2. The number of hydrogen-bond donors (Lipinski definition) is 2. The van der Waals surface area contributed by atoms with E-state index in [4.69, 9.17) is 6.42 Å². The molecule has 0 radical (unpaired) electrons. The number of nitrogens with one attached hydrogen (secondary N) is 2. The Hall–Kier alpha value is -2.57. The summed E-state index contributed by atoms with van der Waals surface area (Å²) < 4.78 is 0. The van der Waals surface area contributed by atoms with Crippen molar-refractivity contribution in [2.45, 2.75) is 13.0 Å². The predicted octanol–water partition coefficient (Wildman–Crippen LogP) is 2.57. The number of benzene rings is 2. The van der Waals surface area contributed by atoms with Crippen LogP contribution in [0.3, 0.4) is 0 Å². The summed E-state index contributed by atoms with van der Waals surface area (Å²) >= 11 is 0. The second-order valence-corrected chi connectivity index (χ2v) is 5.05. The lowest BCUT2D eigenvalue weighted by Gasteiger charge is -2.20. The van der Waals surface area contributed by atoms with E-state index < -0.39 is 0 Å². The molecule has 0 saturated heterocycles. The molecule has 104 valence electrons. The fourth-order valence-electron chi connectivity index (χ4n) is 2.63. The van der Waals surface area contributed by atoms with Gasteiger partial charge >= 0.3 is 0 Å². The monoisotopic (exact) mass is 276 g/mol. The molecule has 0 bridgehead atoms. The van der Waals surface area contributed by atoms with Gasteiger partial charge in [-0.25, -0.2) is 0 Å². The molecular formula is C18H16N2O. The maximum atomic E-state index is 12.5. The highest BCUT2D eigenvalue weighted by Gasteiger charge is 2.17. The van der Waals surface area contributed by atoms with Gasteiger partial charge in [0.15, 0.2) is 0 Å². The van der Waals surface area contributed by atoms with Crippen molar-refractivity contribution in [3.8, 4) is 12.3 Å². The Labute approximate surface area is 124 Å². The summed E-state index contributed by atoms with van der Waals surface area (Å²) in [5.74, 6) is 2.49. The molecule has 0 unspecified atom stereocenters. The highest BCUT2D eigenvalue weighted by atomic mass is 16.1. The highest BCUT2D eigenvalue weighted by molar-refractivity contribution is 6.05. The van der Waals surface area contributed by atoms with Crippen molar-refractivity contribution in [3.63, 3.8) is 0 Å². The lowest BCUT2D eigenvalue weighted by Crippen LogP contribution is -2.26. The van der Waals surface area contributed by atoms with Crippen LogP contribution >= 0.6 is 0 Å². The van der Waals surface area contributed by atoms with E-state index in [1.54, 1.807) is 6.07 Å². The molecule has 0 saturated carbocycles. The number of carbonyl (C=O) groups excluding carboxylic acids is 1. The normalized spacial score (nSPS) is 13.1. The summed E-state index contributed by atoms with van der Waals surface area (Å²) in [4.78, 5) is 12.5. The Morgan fingerprint density at radius 3 is 2.95 bits per heavy atom. The van der Waals surface area contributed by atoms with Crippen LogP contribution in [0.5, 0.6) is 0 Å². The SMILES string of the molecule is C#Cc1cccc(NC(=O)c2cccc3c2CCNC3)c1. The van der Waals surface area contributed by atoms with Gasteiger partial charge in [0, 0.05) is 23.4 Å². The Morgan fingerprint density at radius 1 is 1.24 bits per heavy atom. The van der Waals surface area contributed by atoms with Gasteiger partial charge in [-0.05, 0) is 48.4 Å². The molecule has 21 heavy (non-hydrogen) atoms. The first-order chi connectivity index (χ1) is 10.3. The number of terminal acetylenes is 1. The molecule has 0 atom stereocenters. The van der Waals surface area contributed by atoms with Crippen LogP contribution in [0.25, 0.3) is 0 Å². The zero-order chi connectivity index (χ0) is 14.7. The van der Waals surface area contributed by atoms with Crippen LogP contribution in [-0.2, 0) is 13.0 Å². The van der Waals surface area contributed by atoms with Crippen molar-refractivity contribution in [1.29, 1.82) is 0 Å². The molecule has 2 N–H and O–H groups in total. The minimum atomic E-state index is -0.0806. The van der Waals surface area contributed by atoms with Crippen LogP contribution in [0.15, 0.2) is 42.5 Å². The van der Waals surface area contributed by atoms with E-state index in [1.165, 1.54) is 5.56 Å². The molecule has 0 aromatic heterocycles. The molecule has 0 spiro atoms. The molecule has 1 heterocycles. The maximum Gasteiger partial charge on any atom is 0.255 e. The van der Waals surface area contributed by atoms with Crippen LogP contribution in [-0.4, -0.2) is 12.5 Å². The summed E-state index contributed by atoms with van der Waals surface area (Å²) in [5, 5.41) is 6.25. The van der Waals surface area contributed by atoms with Crippen LogP contribution in [0, 0.1) is 12.3 Å². The van der Waals surface area contributed by atoms with Crippen molar-refractivity contribution in [3.05, 3.63) is 64.7 Å². The summed E-state index contributed by atoms with van der Waals surface area (Å²) in [7, 11) is 0. The van der Waals surface area contributed by atoms with Crippen LogP contribution < -0.4 is 10.6 Å². The first kappa shape index (κ1) is 13.4. The molecule has 3 nitrogen and oxygen atoms in total. The Morgan fingerprint density at radius 2 is 2.10 bits per heavy atom. The first-order valence-electron chi connectivity index (χ1n) is 6.97. The van der Waals surface area contributed by atoms with Gasteiger partial charge in [-0.15, -0.1) is 6.42 Å². The zero-order valence-electron chi connectivity index (χ0n) is 11.6. The van der Waals surface area contributed by atoms with Crippen molar-refractivity contribution in [2.24, 2.45) is 0 Å². The van der Waals surface area contributed by atoms with Gasteiger partial charge < -0.3 is 10.6 Å². The van der Waals surface area contributed by atoms with E-state index in [0.717, 1.165) is 41.9 Å². The average molecular weight is 276 g/mol. The average Bonchev–Trinajstić information content (AvgIpc) is 2.54. The van der Waals surface area contributed by atoms with Crippen molar-refractivity contribution in [2.75, 3.05) is 11.9 Å². The maximum absolute atomic E-state index is 12.5. The largest absolute Gasteiger partial charge is 0.322 e. The lowest BCUT2D eigenvalue weighted by molar-refractivity contribution is 0.102. The molecule has 3 rings (SSSR count). The molecule has 3 heteroatoms. The molecule has 0 aliphatic carbocycles. The standard InChI is InChI=1S/C18H16N2O/c1-2-13-5-3-7-15(11-13)20-18(21)17-8-4-6-14-12-19-10-9-16(14)17/h1,3-8,11,19H,9-10,12H2,(H,20,21). The molecule has 0 fully saturated rings. The van der Waals surface area contributed by atoms with Gasteiger partial charge in [-0.2, -0.15) is 0 Å². The van der Waals surface area contributed by atoms with Crippen molar-refractivity contribution in [1.82, 2.24) is 5.32 Å². The summed E-state index contributed by atoms with van der Waals surface area (Å²) in [6.07, 6.45) is 6.26. The number of anilines is 1. The molecule has 2 aromatic rings. The van der Waals surface area contributed by atoms with E-state index in [1.807, 2.05) is 30.3 Å². The van der Waals surface area contributed by atoms with E-state index >= 15 is 0 Å². The molecule has 2 aromatic carbocycles. The lowest BCUT2D eigenvalue weighted by atomic mass is 9.95. The van der Waals surface area contributed by atoms with Gasteiger partial charge in [0.25, 0.3) is 5.91 Å². The van der Waals surface area contributed by atoms with Crippen LogP contribution in [0.4, 0.5) is 5.69 Å². The smallest absolute Gasteiger partial charge is 0.255 e. The number of fused-ring (bicyclic) bond motifs is 1. The van der Waals surface area contributed by atoms with Crippen LogP contribution in [0.1, 0.15) is 27.0 Å². The van der Waals surface area contributed by atoms with Gasteiger partial charge in [0.2, 0.25) is 0 Å². The third-order valence-corrected chi connectivity index (χ3v) is 3.67. The van der Waals surface area contributed by atoms with Gasteiger partial charge in [-0.1, -0.05) is 24.1 Å². The molecule has 1 aliphatic rings. The summed E-state index contributed by atoms with van der Waals surface area (Å²) in [6.45, 7) is 1.73. The Balaban J connectivity index is 1.87. The topological polar surface area (TPSA) is 41.1 Å². The Kier molecular flexibility index (Phi) is 3.72. The second-order valence-electron chi connectivity index (χ2n) is 5.05. The van der Waals surface area contributed by atoms with Gasteiger partial charge in [-0.3, -0.25) is 4.79 Å². The van der Waals surface area contributed by atoms with Crippen LogP contribution in [0.2, 0.25) is 0 Å². The minimum absolute atomic E-state index is 0.0806. The van der Waals surface area contributed by atoms with E-state index in [9.17, 15) is 4.79 Å². The minimum Gasteiger partial charge on any atom is -0.322 e. The van der Waals surface area contributed by atoms with Crippen molar-refractivity contribution < 1.29 is 4.79 Å². The van der Waals surface area contributed by atoms with Gasteiger partial charge in [0.05, 0.1) is 0 Å². The van der Waals surface area contributed by atoms with Gasteiger partial charge in [0.1, 0.15) is 0 Å². The quantitative estimate of drug-likeness (QED) is 0.828. The molecule has 1 amide bonds. The molecule has 1 aliphatic heterocycles. The number of rotatable bonds is 2. The fourth-order valence-corrected chi connectivity index (χ4v) is 2.63. The first-order valence-corrected chi connectivity index (χ1v) is 6.97. The fraction of sp³-hybridized carbons (Fsp3) is 0.167. The second kappa shape index (κ2) is 5.82. The predicted molar refractivity (Wildman–Crippen MR) is 84.2 cm³/mol. The number of carbonyl (C=O) groups is 1. The van der Waals surface area contributed by atoms with E-state index in [2.05, 4.69) is 22.6 Å². The van der Waals surface area contributed by atoms with E-state index in [-0.39, 0.29) is 5.91 Å². The highest BCUT2D eigenvalue weighted by Crippen LogP contribution is 2.20. The number of amides is 1. The van der Waals surface area contributed by atoms with Crippen molar-refractivity contribution >= 4 is 11.6 Å². The third kappa shape index (κ3) is 2.81. The summed E-state index contributed by atoms with van der Waals surface area (Å²) in [6, 6.07) is 13.2. The summed E-state index contributed by atoms with van der Waals surface area (Å²) in [5.41, 5.74) is 4.57. The third-order valence-electron chi connectivity index (χ3n) is 3.67. The molecular weight excluding hydrogens is 260 g/mol.